The molecule has 1 aromatic carbocycles. The fraction of sp³-hybridized carbons (Fsp3) is 0.200. The lowest BCUT2D eigenvalue weighted by molar-refractivity contribution is 0.412. The zero-order chi connectivity index (χ0) is 17.3. The van der Waals surface area contributed by atoms with Crippen LogP contribution in [0, 0.1) is 6.92 Å². The molecule has 8 nitrogen and oxygen atoms in total. The first-order chi connectivity index (χ1) is 11.4. The van der Waals surface area contributed by atoms with E-state index in [-0.39, 0.29) is 22.3 Å². The highest BCUT2D eigenvalue weighted by atomic mass is 32.2. The number of ether oxygens (including phenoxy) is 1. The van der Waals surface area contributed by atoms with Gasteiger partial charge in [0.1, 0.15) is 16.4 Å². The normalized spacial score (nSPS) is 11.6. The molecule has 0 amide bonds. The van der Waals surface area contributed by atoms with Crippen LogP contribution in [0.1, 0.15) is 5.76 Å². The second-order valence-corrected chi connectivity index (χ2v) is 6.75. The first kappa shape index (κ1) is 16.2. The van der Waals surface area contributed by atoms with Gasteiger partial charge in [0, 0.05) is 11.6 Å². The van der Waals surface area contributed by atoms with E-state index in [2.05, 4.69) is 14.9 Å². The number of hydrogen-bond donors (Lipinski definition) is 1. The van der Waals surface area contributed by atoms with Crippen LogP contribution in [0.5, 0.6) is 5.75 Å². The van der Waals surface area contributed by atoms with Gasteiger partial charge in [0.2, 0.25) is 15.8 Å². The van der Waals surface area contributed by atoms with E-state index in [9.17, 15) is 8.42 Å². The van der Waals surface area contributed by atoms with E-state index in [1.165, 1.54) is 13.1 Å². The SMILES string of the molecule is CNS(=O)(=O)c1cc(-c2nc(-c3cccc(OC)c3)no2)oc1C. The molecular formula is C15H15N3O5S. The Morgan fingerprint density at radius 2 is 2.04 bits per heavy atom. The lowest BCUT2D eigenvalue weighted by Gasteiger charge is -1.99. The highest BCUT2D eigenvalue weighted by Gasteiger charge is 2.23. The maximum atomic E-state index is 11.9. The van der Waals surface area contributed by atoms with Crippen LogP contribution in [0.2, 0.25) is 0 Å². The summed E-state index contributed by atoms with van der Waals surface area (Å²) in [5.74, 6) is 1.52. The Hall–Kier alpha value is -2.65. The zero-order valence-electron chi connectivity index (χ0n) is 13.2. The van der Waals surface area contributed by atoms with Gasteiger partial charge >= 0.3 is 0 Å². The van der Waals surface area contributed by atoms with Gasteiger partial charge in [-0.15, -0.1) is 0 Å². The topological polar surface area (TPSA) is 107 Å². The van der Waals surface area contributed by atoms with E-state index in [1.807, 2.05) is 0 Å². The van der Waals surface area contributed by atoms with Crippen molar-refractivity contribution in [3.63, 3.8) is 0 Å². The fourth-order valence-electron chi connectivity index (χ4n) is 2.15. The Morgan fingerprint density at radius 1 is 1.25 bits per heavy atom. The summed E-state index contributed by atoms with van der Waals surface area (Å²) >= 11 is 0. The third-order valence-corrected chi connectivity index (χ3v) is 4.92. The fourth-order valence-corrected chi connectivity index (χ4v) is 3.05. The summed E-state index contributed by atoms with van der Waals surface area (Å²) in [6.45, 7) is 1.55. The van der Waals surface area contributed by atoms with E-state index in [0.29, 0.717) is 17.1 Å². The Kier molecular flexibility index (Phi) is 4.12. The molecule has 0 atom stereocenters. The first-order valence-electron chi connectivity index (χ1n) is 6.97. The summed E-state index contributed by atoms with van der Waals surface area (Å²) in [5.41, 5.74) is 0.704. The van der Waals surface area contributed by atoms with E-state index < -0.39 is 10.0 Å². The summed E-state index contributed by atoms with van der Waals surface area (Å²) in [7, 11) is -0.727. The van der Waals surface area contributed by atoms with Crippen LogP contribution in [0.15, 0.2) is 44.2 Å². The Labute approximate surface area is 138 Å². The van der Waals surface area contributed by atoms with Gasteiger partial charge in [0.05, 0.1) is 7.11 Å². The lowest BCUT2D eigenvalue weighted by atomic mass is 10.2. The van der Waals surface area contributed by atoms with Crippen molar-refractivity contribution < 1.29 is 22.1 Å². The molecule has 2 heterocycles. The van der Waals surface area contributed by atoms with Gasteiger partial charge in [-0.25, -0.2) is 13.1 Å². The molecule has 0 aliphatic carbocycles. The molecule has 9 heteroatoms. The standard InChI is InChI=1S/C15H15N3O5S/c1-9-13(24(19,20)16-2)8-12(22-9)15-17-14(18-23-15)10-5-4-6-11(7-10)21-3/h4-8,16H,1-3H3. The number of sulfonamides is 1. The van der Waals surface area contributed by atoms with Crippen molar-refractivity contribution in [2.24, 2.45) is 0 Å². The molecule has 24 heavy (non-hydrogen) atoms. The van der Waals surface area contributed by atoms with Crippen LogP contribution >= 0.6 is 0 Å². The smallest absolute Gasteiger partial charge is 0.293 e. The molecule has 126 valence electrons. The number of hydrogen-bond acceptors (Lipinski definition) is 7. The highest BCUT2D eigenvalue weighted by molar-refractivity contribution is 7.89. The first-order valence-corrected chi connectivity index (χ1v) is 8.45. The molecule has 0 spiro atoms. The van der Waals surface area contributed by atoms with Gasteiger partial charge in [-0.3, -0.25) is 0 Å². The third kappa shape index (κ3) is 2.91. The molecular weight excluding hydrogens is 334 g/mol. The minimum Gasteiger partial charge on any atom is -0.497 e. The van der Waals surface area contributed by atoms with Gasteiger partial charge in [-0.2, -0.15) is 4.98 Å². The number of methoxy groups -OCH3 is 1. The minimum absolute atomic E-state index is 0.0288. The average Bonchev–Trinajstić information content (AvgIpc) is 3.22. The maximum Gasteiger partial charge on any atom is 0.293 e. The predicted octanol–water partition coefficient (Wildman–Crippen LogP) is 2.22. The van der Waals surface area contributed by atoms with E-state index >= 15 is 0 Å². The molecule has 3 rings (SSSR count). The molecule has 0 radical (unpaired) electrons. The number of nitrogens with zero attached hydrogens (tertiary/aromatic N) is 2. The van der Waals surface area contributed by atoms with Crippen LogP contribution in [0.3, 0.4) is 0 Å². The highest BCUT2D eigenvalue weighted by Crippen LogP contribution is 2.29. The largest absolute Gasteiger partial charge is 0.497 e. The predicted molar refractivity (Wildman–Crippen MR) is 85.0 cm³/mol. The second kappa shape index (κ2) is 6.10. The van der Waals surface area contributed by atoms with Crippen molar-refractivity contribution in [1.29, 1.82) is 0 Å². The number of aryl methyl sites for hydroxylation is 1. The second-order valence-electron chi connectivity index (χ2n) is 4.89. The summed E-state index contributed by atoms with van der Waals surface area (Å²) in [4.78, 5) is 4.27. The van der Waals surface area contributed by atoms with Crippen LogP contribution < -0.4 is 9.46 Å². The van der Waals surface area contributed by atoms with Gasteiger partial charge in [-0.1, -0.05) is 17.3 Å². The molecule has 1 N–H and O–H groups in total. The van der Waals surface area contributed by atoms with Crippen molar-refractivity contribution >= 4 is 10.0 Å². The lowest BCUT2D eigenvalue weighted by Crippen LogP contribution is -2.18. The molecule has 0 aliphatic heterocycles. The van der Waals surface area contributed by atoms with Crippen molar-refractivity contribution in [3.05, 3.63) is 36.1 Å². The van der Waals surface area contributed by atoms with Crippen molar-refractivity contribution in [3.8, 4) is 28.8 Å². The summed E-state index contributed by atoms with van der Waals surface area (Å²) < 4.78 is 41.8. The number of furan rings is 1. The van der Waals surface area contributed by atoms with Gasteiger partial charge < -0.3 is 13.7 Å². The Morgan fingerprint density at radius 3 is 2.75 bits per heavy atom. The summed E-state index contributed by atoms with van der Waals surface area (Å²) in [6.07, 6.45) is 0. The molecule has 0 bridgehead atoms. The van der Waals surface area contributed by atoms with Gasteiger partial charge in [-0.05, 0) is 26.1 Å². The van der Waals surface area contributed by atoms with Crippen LogP contribution in [0.4, 0.5) is 0 Å². The van der Waals surface area contributed by atoms with Crippen molar-refractivity contribution in [2.75, 3.05) is 14.2 Å². The third-order valence-electron chi connectivity index (χ3n) is 3.40. The van der Waals surface area contributed by atoms with E-state index in [1.54, 1.807) is 38.3 Å². The molecule has 0 saturated heterocycles. The zero-order valence-corrected chi connectivity index (χ0v) is 14.0. The summed E-state index contributed by atoms with van der Waals surface area (Å²) in [6, 6.07) is 8.53. The van der Waals surface area contributed by atoms with Gasteiger partial charge in [0.25, 0.3) is 5.89 Å². The summed E-state index contributed by atoms with van der Waals surface area (Å²) in [5, 5.41) is 3.89. The van der Waals surface area contributed by atoms with E-state index in [0.717, 1.165) is 0 Å². The van der Waals surface area contributed by atoms with Crippen LogP contribution in [-0.4, -0.2) is 32.7 Å². The molecule has 3 aromatic rings. The Bertz CT molecular complexity index is 975. The Balaban J connectivity index is 1.98. The molecule has 0 saturated carbocycles. The molecule has 0 fully saturated rings. The number of aromatic nitrogens is 2. The number of rotatable bonds is 5. The minimum atomic E-state index is -3.62. The number of benzene rings is 1. The quantitative estimate of drug-likeness (QED) is 0.752. The van der Waals surface area contributed by atoms with E-state index in [4.69, 9.17) is 13.7 Å². The van der Waals surface area contributed by atoms with Crippen molar-refractivity contribution in [2.45, 2.75) is 11.8 Å². The molecule has 0 aliphatic rings. The molecule has 2 aromatic heterocycles. The van der Waals surface area contributed by atoms with Crippen molar-refractivity contribution in [1.82, 2.24) is 14.9 Å². The number of nitrogens with one attached hydrogen (secondary N) is 1. The molecule has 0 unspecified atom stereocenters. The maximum absolute atomic E-state index is 11.9. The van der Waals surface area contributed by atoms with Gasteiger partial charge in [0.15, 0.2) is 5.76 Å². The van der Waals surface area contributed by atoms with Crippen LogP contribution in [0.25, 0.3) is 23.0 Å². The average molecular weight is 349 g/mol. The van der Waals surface area contributed by atoms with Crippen LogP contribution in [-0.2, 0) is 10.0 Å². The monoisotopic (exact) mass is 349 g/mol.